The fourth-order valence-electron chi connectivity index (χ4n) is 9.49. The molecule has 11 N–H and O–H groups in total. The number of aliphatic hydroxyl groups excluding tert-OH is 3. The zero-order valence-electron chi connectivity index (χ0n) is 41.0. The Morgan fingerprint density at radius 2 is 1.38 bits per heavy atom. The van der Waals surface area contributed by atoms with Crippen molar-refractivity contribution in [3.63, 3.8) is 0 Å². The molecule has 1 aromatic carbocycles. The highest BCUT2D eigenvalue weighted by atomic mass is 16.3. The van der Waals surface area contributed by atoms with Crippen molar-refractivity contribution < 1.29 is 54.0 Å². The fourth-order valence-corrected chi connectivity index (χ4v) is 9.49. The summed E-state index contributed by atoms with van der Waals surface area (Å²) in [5.41, 5.74) is 6.54. The predicted octanol–water partition coefficient (Wildman–Crippen LogP) is 1.70. The van der Waals surface area contributed by atoms with E-state index in [1.54, 1.807) is 12.1 Å². The number of fused-ring (bicyclic) bond motifs is 2. The summed E-state index contributed by atoms with van der Waals surface area (Å²) in [7, 11) is 0. The molecule has 0 unspecified atom stereocenters. The monoisotopic (exact) mass is 971 g/mol. The lowest BCUT2D eigenvalue weighted by molar-refractivity contribution is -0.145. The van der Waals surface area contributed by atoms with Gasteiger partial charge in [0.05, 0.1) is 18.3 Å². The number of aliphatic hydroxyl groups is 3. The number of carbonyl (C=O) groups excluding carboxylic acids is 7. The molecular weight excluding hydrogens is 889 g/mol. The van der Waals surface area contributed by atoms with Gasteiger partial charge in [-0.05, 0) is 82.5 Å². The first-order chi connectivity index (χ1) is 33.1. The van der Waals surface area contributed by atoms with Gasteiger partial charge in [-0.3, -0.25) is 33.6 Å². The van der Waals surface area contributed by atoms with Crippen LogP contribution in [0.1, 0.15) is 154 Å². The summed E-state index contributed by atoms with van der Waals surface area (Å²) in [6.07, 6.45) is 11.7. The second-order valence-corrected chi connectivity index (χ2v) is 19.3. The van der Waals surface area contributed by atoms with Crippen LogP contribution in [0.4, 0.5) is 0 Å². The number of phenols is 1. The van der Waals surface area contributed by atoms with Crippen molar-refractivity contribution in [1.29, 1.82) is 0 Å². The number of hydrogen-bond donors (Lipinski definition) is 10. The average molecular weight is 971 g/mol. The van der Waals surface area contributed by atoms with Crippen LogP contribution in [0.2, 0.25) is 0 Å². The van der Waals surface area contributed by atoms with E-state index in [0.717, 1.165) is 30.6 Å². The minimum Gasteiger partial charge on any atom is -0.508 e. The standard InChI is InChI=1S/C50H82N8O11/c1-3-4-5-6-7-8-9-10-11-12-13-14-15-20-42(63)53-37-19-17-29-52-48(67)44-41(62)27-30-57(44)49(68)39(18-16-28-51)55-45(64)38(26-23-34-21-24-35(60)25-22-34)54-47(66)40-31-36(61)32-58(40)50(69)43(33(2)59)56-46(37)65/h21-22,24-25,33,36-41,43-44,59-62H,3-20,23,26-32,51H2,1-2H3,(H,52,67)(H,53,63)(H,54,66)(H,55,64)(H,56,65)/t33-,36-,37+,38+,39+,40+,41+,43+,44+/m1/s1. The molecule has 9 atom stereocenters. The summed E-state index contributed by atoms with van der Waals surface area (Å²) in [5, 5.41) is 56.1. The molecule has 19 nitrogen and oxygen atoms in total. The number of phenolic OH excluding ortho intramolecular Hbond substituents is 1. The van der Waals surface area contributed by atoms with Crippen molar-refractivity contribution in [2.75, 3.05) is 26.2 Å². The summed E-state index contributed by atoms with van der Waals surface area (Å²) < 4.78 is 0. The third-order valence-electron chi connectivity index (χ3n) is 13.6. The normalized spacial score (nSPS) is 26.0. The van der Waals surface area contributed by atoms with E-state index >= 15 is 0 Å². The quantitative estimate of drug-likeness (QED) is 0.0744. The van der Waals surface area contributed by atoms with E-state index in [0.29, 0.717) is 18.4 Å². The largest absolute Gasteiger partial charge is 0.508 e. The third kappa shape index (κ3) is 18.4. The fraction of sp³-hybridized carbons (Fsp3) is 0.740. The molecule has 0 radical (unpaired) electrons. The Hall–Kier alpha value is -4.85. The molecule has 388 valence electrons. The van der Waals surface area contributed by atoms with Gasteiger partial charge in [-0.25, -0.2) is 0 Å². The minimum absolute atomic E-state index is 0.000765. The van der Waals surface area contributed by atoms with Crippen LogP contribution in [-0.4, -0.2) is 152 Å². The smallest absolute Gasteiger partial charge is 0.248 e. The van der Waals surface area contributed by atoms with Gasteiger partial charge in [0.15, 0.2) is 0 Å². The molecule has 3 heterocycles. The molecule has 4 rings (SSSR count). The van der Waals surface area contributed by atoms with Crippen LogP contribution in [0.15, 0.2) is 24.3 Å². The van der Waals surface area contributed by atoms with Crippen molar-refractivity contribution >= 4 is 41.4 Å². The van der Waals surface area contributed by atoms with Gasteiger partial charge in [0.2, 0.25) is 41.4 Å². The maximum atomic E-state index is 14.3. The zero-order chi connectivity index (χ0) is 50.3. The van der Waals surface area contributed by atoms with Crippen LogP contribution < -0.4 is 32.3 Å². The van der Waals surface area contributed by atoms with Gasteiger partial charge in [0.25, 0.3) is 0 Å². The summed E-state index contributed by atoms with van der Waals surface area (Å²) in [6.45, 7) is 3.36. The highest BCUT2D eigenvalue weighted by molar-refractivity contribution is 5.98. The number of nitrogens with zero attached hydrogens (tertiary/aromatic N) is 2. The van der Waals surface area contributed by atoms with E-state index in [1.165, 1.54) is 75.3 Å². The number of aryl methyl sites for hydroxylation is 1. The summed E-state index contributed by atoms with van der Waals surface area (Å²) in [5.74, 6) is -4.87. The number of carbonyl (C=O) groups is 7. The predicted molar refractivity (Wildman–Crippen MR) is 259 cm³/mol. The molecule has 3 saturated heterocycles. The van der Waals surface area contributed by atoms with E-state index in [1.807, 2.05) is 0 Å². The zero-order valence-corrected chi connectivity index (χ0v) is 41.0. The number of rotatable bonds is 22. The number of benzene rings is 1. The van der Waals surface area contributed by atoms with Crippen LogP contribution in [0.3, 0.4) is 0 Å². The summed E-state index contributed by atoms with van der Waals surface area (Å²) >= 11 is 0. The van der Waals surface area contributed by atoms with Gasteiger partial charge in [0, 0.05) is 32.5 Å². The lowest BCUT2D eigenvalue weighted by atomic mass is 10.0. The van der Waals surface area contributed by atoms with E-state index in [4.69, 9.17) is 5.73 Å². The summed E-state index contributed by atoms with van der Waals surface area (Å²) in [4.78, 5) is 100. The van der Waals surface area contributed by atoms with E-state index in [9.17, 15) is 54.0 Å². The van der Waals surface area contributed by atoms with Crippen LogP contribution in [0.5, 0.6) is 5.75 Å². The van der Waals surface area contributed by atoms with Crippen molar-refractivity contribution in [3.05, 3.63) is 29.8 Å². The molecule has 69 heavy (non-hydrogen) atoms. The number of aromatic hydroxyl groups is 1. The van der Waals surface area contributed by atoms with Gasteiger partial charge >= 0.3 is 0 Å². The SMILES string of the molecule is CCCCCCCCCCCCCCCC(=O)N[C@H]1CCCNC(=O)[C@@H]2[C@@H](O)CCN2C(=O)[C@H](CCCN)NC(=O)[C@H](CCc2ccc(O)cc2)NC(=O)[C@@H]2C[C@@H](O)CN2C(=O)[C@H]([C@@H](C)O)NC1=O. The third-order valence-corrected chi connectivity index (χ3v) is 13.6. The van der Waals surface area contributed by atoms with Crippen molar-refractivity contribution in [3.8, 4) is 5.75 Å². The van der Waals surface area contributed by atoms with Crippen molar-refractivity contribution in [2.45, 2.75) is 210 Å². The first-order valence-electron chi connectivity index (χ1n) is 25.8. The Morgan fingerprint density at radius 3 is 2.00 bits per heavy atom. The highest BCUT2D eigenvalue weighted by Crippen LogP contribution is 2.24. The van der Waals surface area contributed by atoms with Crippen LogP contribution in [0.25, 0.3) is 0 Å². The lowest BCUT2D eigenvalue weighted by Crippen LogP contribution is -2.61. The maximum Gasteiger partial charge on any atom is 0.248 e. The van der Waals surface area contributed by atoms with Gasteiger partial charge in [0.1, 0.15) is 42.0 Å². The Kier molecular flexibility index (Phi) is 24.7. The Bertz CT molecular complexity index is 1800. The molecule has 0 aliphatic carbocycles. The minimum atomic E-state index is -1.61. The molecule has 3 aliphatic heterocycles. The Balaban J connectivity index is 1.54. The van der Waals surface area contributed by atoms with Crippen molar-refractivity contribution in [2.24, 2.45) is 5.73 Å². The topological polar surface area (TPSA) is 293 Å². The second-order valence-electron chi connectivity index (χ2n) is 19.3. The molecule has 7 amide bonds. The Morgan fingerprint density at radius 1 is 0.754 bits per heavy atom. The van der Waals surface area contributed by atoms with Crippen LogP contribution in [0, 0.1) is 0 Å². The molecule has 1 aromatic rings. The maximum absolute atomic E-state index is 14.3. The molecule has 0 bridgehead atoms. The summed E-state index contributed by atoms with van der Waals surface area (Å²) in [6, 6.07) is -1.71. The van der Waals surface area contributed by atoms with Gasteiger partial charge in [-0.2, -0.15) is 0 Å². The second kappa shape index (κ2) is 30.0. The first kappa shape index (κ1) is 56.7. The lowest BCUT2D eigenvalue weighted by Gasteiger charge is -2.32. The van der Waals surface area contributed by atoms with Gasteiger partial charge in [-0.1, -0.05) is 96.1 Å². The van der Waals surface area contributed by atoms with Crippen LogP contribution in [-0.2, 0) is 40.0 Å². The molecule has 0 aromatic heterocycles. The molecule has 3 aliphatic rings. The molecule has 3 fully saturated rings. The van der Waals surface area contributed by atoms with E-state index in [2.05, 4.69) is 33.5 Å². The van der Waals surface area contributed by atoms with Gasteiger partial charge in [-0.15, -0.1) is 0 Å². The highest BCUT2D eigenvalue weighted by Gasteiger charge is 2.46. The number of unbranched alkanes of at least 4 members (excludes halogenated alkanes) is 12. The number of nitrogens with one attached hydrogen (secondary N) is 5. The first-order valence-corrected chi connectivity index (χ1v) is 25.8. The van der Waals surface area contributed by atoms with E-state index in [-0.39, 0.29) is 89.2 Å². The number of amides is 7. The Labute approximate surface area is 407 Å². The molecule has 19 heteroatoms. The van der Waals surface area contributed by atoms with Crippen LogP contribution >= 0.6 is 0 Å². The molecular formula is C50H82N8O11. The molecule has 0 saturated carbocycles. The van der Waals surface area contributed by atoms with Crippen molar-refractivity contribution in [1.82, 2.24) is 36.4 Å². The average Bonchev–Trinajstić information content (AvgIpc) is 3.92. The molecule has 0 spiro atoms. The van der Waals surface area contributed by atoms with Gasteiger partial charge < -0.3 is 62.5 Å². The number of nitrogens with two attached hydrogens (primary N) is 1. The van der Waals surface area contributed by atoms with E-state index < -0.39 is 90.0 Å². The number of hydrogen-bond acceptors (Lipinski definition) is 12.